The van der Waals surface area contributed by atoms with Crippen LogP contribution in [0.5, 0.6) is 0 Å². The van der Waals surface area contributed by atoms with Crippen LogP contribution in [-0.4, -0.2) is 31.6 Å². The van der Waals surface area contributed by atoms with Crippen LogP contribution in [0.4, 0.5) is 0 Å². The molecule has 0 aromatic rings. The Hall–Kier alpha value is -0.600. The molecule has 1 rings (SSSR count). The highest BCUT2D eigenvalue weighted by molar-refractivity contribution is 7.91. The van der Waals surface area contributed by atoms with E-state index in [1.54, 1.807) is 0 Å². The third-order valence-electron chi connectivity index (χ3n) is 2.03. The van der Waals surface area contributed by atoms with Crippen molar-refractivity contribution < 1.29 is 13.5 Å². The lowest BCUT2D eigenvalue weighted by atomic mass is 10.2. The average Bonchev–Trinajstić information content (AvgIpc) is 2.61. The van der Waals surface area contributed by atoms with Crippen LogP contribution in [0, 0.1) is 16.7 Å². The topological polar surface area (TPSA) is 78.2 Å². The number of nitrogens with zero attached hydrogens (tertiary/aromatic N) is 1. The van der Waals surface area contributed by atoms with Crippen LogP contribution in [0.15, 0.2) is 0 Å². The fourth-order valence-corrected chi connectivity index (χ4v) is 2.70. The largest absolute Gasteiger partial charge is 0.395 e. The molecule has 1 aliphatic carbocycles. The van der Waals surface area contributed by atoms with Gasteiger partial charge in [-0.25, -0.2) is 8.42 Å². The minimum atomic E-state index is -3.14. The Labute approximate surface area is 65.4 Å². The lowest BCUT2D eigenvalue weighted by Crippen LogP contribution is -2.16. The summed E-state index contributed by atoms with van der Waals surface area (Å²) in [6, 6.07) is 1.83. The van der Waals surface area contributed by atoms with Crippen molar-refractivity contribution in [1.29, 1.82) is 5.26 Å². The summed E-state index contributed by atoms with van der Waals surface area (Å²) in [5.41, 5.74) is -0.992. The molecule has 4 nitrogen and oxygen atoms in total. The third-order valence-corrected chi connectivity index (χ3v) is 3.68. The lowest BCUT2D eigenvalue weighted by Gasteiger charge is -2.00. The molecule has 0 amide bonds. The van der Waals surface area contributed by atoms with Gasteiger partial charge >= 0.3 is 0 Å². The van der Waals surface area contributed by atoms with Crippen molar-refractivity contribution in [2.24, 2.45) is 5.41 Å². The van der Waals surface area contributed by atoms with Crippen LogP contribution in [-0.2, 0) is 9.84 Å². The number of rotatable bonds is 2. The first kappa shape index (κ1) is 8.50. The number of hydrogen-bond acceptors (Lipinski definition) is 4. The monoisotopic (exact) mass is 175 g/mol. The van der Waals surface area contributed by atoms with Gasteiger partial charge in [0.1, 0.15) is 0 Å². The molecule has 0 radical (unpaired) electrons. The molecule has 1 fully saturated rings. The van der Waals surface area contributed by atoms with E-state index in [0.717, 1.165) is 6.26 Å². The Morgan fingerprint density at radius 2 is 2.36 bits per heavy atom. The van der Waals surface area contributed by atoms with Crippen molar-refractivity contribution in [3.8, 4) is 6.07 Å². The van der Waals surface area contributed by atoms with E-state index in [4.69, 9.17) is 10.4 Å². The van der Waals surface area contributed by atoms with Gasteiger partial charge in [0, 0.05) is 6.26 Å². The molecule has 0 spiro atoms. The van der Waals surface area contributed by atoms with E-state index in [2.05, 4.69) is 0 Å². The maximum absolute atomic E-state index is 10.9. The molecule has 1 aliphatic rings. The van der Waals surface area contributed by atoms with Gasteiger partial charge in [-0.3, -0.25) is 0 Å². The second kappa shape index (κ2) is 2.19. The van der Waals surface area contributed by atoms with Gasteiger partial charge in [-0.2, -0.15) is 5.26 Å². The fourth-order valence-electron chi connectivity index (χ4n) is 1.15. The fraction of sp³-hybridized carbons (Fsp3) is 0.833. The molecule has 0 heterocycles. The van der Waals surface area contributed by atoms with E-state index in [0.29, 0.717) is 0 Å². The first-order valence-electron chi connectivity index (χ1n) is 3.17. The van der Waals surface area contributed by atoms with Crippen LogP contribution in [0.3, 0.4) is 0 Å². The van der Waals surface area contributed by atoms with Crippen LogP contribution in [0.25, 0.3) is 0 Å². The van der Waals surface area contributed by atoms with E-state index in [1.807, 2.05) is 6.07 Å². The molecule has 11 heavy (non-hydrogen) atoms. The molecule has 0 saturated heterocycles. The summed E-state index contributed by atoms with van der Waals surface area (Å²) in [5.74, 6) is 0. The SMILES string of the molecule is CS(=O)(=O)[C@@H]1C[C@]1(C#N)CO. The second-order valence-corrected chi connectivity index (χ2v) is 5.18. The van der Waals surface area contributed by atoms with Crippen molar-refractivity contribution in [3.05, 3.63) is 0 Å². The Morgan fingerprint density at radius 1 is 1.82 bits per heavy atom. The summed E-state index contributed by atoms with van der Waals surface area (Å²) in [6.07, 6.45) is 1.37. The van der Waals surface area contributed by atoms with Crippen LogP contribution >= 0.6 is 0 Å². The third kappa shape index (κ3) is 1.24. The normalized spacial score (nSPS) is 36.3. The molecule has 1 saturated carbocycles. The molecule has 0 aliphatic heterocycles. The van der Waals surface area contributed by atoms with E-state index < -0.39 is 20.5 Å². The van der Waals surface area contributed by atoms with Crippen molar-refractivity contribution >= 4 is 9.84 Å². The van der Waals surface area contributed by atoms with Gasteiger partial charge in [0.05, 0.1) is 23.3 Å². The standard InChI is InChI=1S/C6H9NO3S/c1-11(9,10)5-2-6(5,3-7)4-8/h5,8H,2,4H2,1H3/t5-,6+/m1/s1. The zero-order valence-electron chi connectivity index (χ0n) is 6.11. The van der Waals surface area contributed by atoms with Crippen molar-refractivity contribution in [3.63, 3.8) is 0 Å². The van der Waals surface area contributed by atoms with Crippen LogP contribution < -0.4 is 0 Å². The Balaban J connectivity index is 2.84. The number of nitriles is 1. The highest BCUT2D eigenvalue weighted by Crippen LogP contribution is 2.49. The molecule has 5 heteroatoms. The molecule has 0 aromatic heterocycles. The minimum absolute atomic E-state index is 0.277. The highest BCUT2D eigenvalue weighted by Gasteiger charge is 2.60. The zero-order valence-corrected chi connectivity index (χ0v) is 6.93. The van der Waals surface area contributed by atoms with Gasteiger partial charge in [-0.1, -0.05) is 0 Å². The average molecular weight is 175 g/mol. The quantitative estimate of drug-likeness (QED) is 0.602. The smallest absolute Gasteiger partial charge is 0.152 e. The summed E-state index contributed by atoms with van der Waals surface area (Å²) in [7, 11) is -3.14. The van der Waals surface area contributed by atoms with Crippen LogP contribution in [0.1, 0.15) is 6.42 Å². The predicted octanol–water partition coefficient (Wildman–Crippen LogP) is -0.694. The van der Waals surface area contributed by atoms with E-state index >= 15 is 0 Å². The van der Waals surface area contributed by atoms with E-state index in [1.165, 1.54) is 0 Å². The minimum Gasteiger partial charge on any atom is -0.395 e. The van der Waals surface area contributed by atoms with E-state index in [-0.39, 0.29) is 13.0 Å². The maximum Gasteiger partial charge on any atom is 0.152 e. The van der Waals surface area contributed by atoms with Crippen molar-refractivity contribution in [2.75, 3.05) is 12.9 Å². The zero-order chi connectivity index (χ0) is 8.70. The molecule has 0 unspecified atom stereocenters. The summed E-state index contributed by atoms with van der Waals surface area (Å²) < 4.78 is 21.7. The summed E-state index contributed by atoms with van der Waals surface area (Å²) in [4.78, 5) is 0. The van der Waals surface area contributed by atoms with Gasteiger partial charge in [0.2, 0.25) is 0 Å². The molecule has 0 bridgehead atoms. The Bertz CT molecular complexity index is 302. The Morgan fingerprint density at radius 3 is 2.45 bits per heavy atom. The molecule has 62 valence electrons. The summed E-state index contributed by atoms with van der Waals surface area (Å²) >= 11 is 0. The molecular weight excluding hydrogens is 166 g/mol. The molecule has 1 N–H and O–H groups in total. The first-order chi connectivity index (χ1) is 4.96. The van der Waals surface area contributed by atoms with E-state index in [9.17, 15) is 8.42 Å². The summed E-state index contributed by atoms with van der Waals surface area (Å²) in [5, 5.41) is 16.6. The van der Waals surface area contributed by atoms with Crippen molar-refractivity contribution in [2.45, 2.75) is 11.7 Å². The highest BCUT2D eigenvalue weighted by atomic mass is 32.2. The number of aliphatic hydroxyl groups is 1. The first-order valence-corrected chi connectivity index (χ1v) is 5.13. The lowest BCUT2D eigenvalue weighted by molar-refractivity contribution is 0.246. The molecule has 0 aromatic carbocycles. The molecule has 2 atom stereocenters. The molecular formula is C6H9NO3S. The van der Waals surface area contributed by atoms with Gasteiger partial charge in [-0.15, -0.1) is 0 Å². The second-order valence-electron chi connectivity index (χ2n) is 2.95. The van der Waals surface area contributed by atoms with Gasteiger partial charge in [-0.05, 0) is 6.42 Å². The number of aliphatic hydroxyl groups excluding tert-OH is 1. The summed E-state index contributed by atoms with van der Waals surface area (Å²) in [6.45, 7) is -0.360. The van der Waals surface area contributed by atoms with Gasteiger partial charge in [0.25, 0.3) is 0 Å². The van der Waals surface area contributed by atoms with Gasteiger partial charge in [0.15, 0.2) is 9.84 Å². The van der Waals surface area contributed by atoms with Crippen molar-refractivity contribution in [1.82, 2.24) is 0 Å². The number of sulfone groups is 1. The van der Waals surface area contributed by atoms with Gasteiger partial charge < -0.3 is 5.11 Å². The maximum atomic E-state index is 10.9. The predicted molar refractivity (Wildman–Crippen MR) is 38.4 cm³/mol. The Kier molecular flexibility index (Phi) is 1.69. The number of hydrogen-bond donors (Lipinski definition) is 1. The van der Waals surface area contributed by atoms with Crippen LogP contribution in [0.2, 0.25) is 0 Å².